The van der Waals surface area contributed by atoms with Gasteiger partial charge in [-0.3, -0.25) is 19.7 Å². The van der Waals surface area contributed by atoms with Crippen LogP contribution in [-0.4, -0.2) is 29.1 Å². The summed E-state index contributed by atoms with van der Waals surface area (Å²) in [5.41, 5.74) is 5.24. The van der Waals surface area contributed by atoms with E-state index in [1.54, 1.807) is 41.9 Å². The van der Waals surface area contributed by atoms with Crippen molar-refractivity contribution in [2.24, 2.45) is 0 Å². The predicted molar refractivity (Wildman–Crippen MR) is 97.3 cm³/mol. The number of nitrogens with one attached hydrogen (secondary N) is 2. The first-order chi connectivity index (χ1) is 11.9. The first-order valence-corrected chi connectivity index (χ1v) is 8.04. The lowest BCUT2D eigenvalue weighted by molar-refractivity contribution is -0.127. The van der Waals surface area contributed by atoms with Gasteiger partial charge in [0, 0.05) is 23.5 Å². The predicted octanol–water partition coefficient (Wildman–Crippen LogP) is 2.56. The average molecular weight is 341 g/mol. The minimum absolute atomic E-state index is 0.217. The van der Waals surface area contributed by atoms with Gasteiger partial charge in [0.05, 0.1) is 0 Å². The molecular weight excluding hydrogens is 318 g/mol. The average Bonchev–Trinajstić information content (AvgIpc) is 2.92. The molecule has 25 heavy (non-hydrogen) atoms. The number of aryl methyl sites for hydroxylation is 2. The van der Waals surface area contributed by atoms with Crippen LogP contribution in [0.15, 0.2) is 49.1 Å². The lowest BCUT2D eigenvalue weighted by Crippen LogP contribution is -2.36. The standard InChI is InChI=1S/C19H23N3O3/c1-5-12-20-18(23)15(4)25-17-10-8-16(9-11-17)19(24)21-22-13(2)6-7-14(22)3/h5-11,15H,1,12H2,2-4H3,(H,20,23)(H,21,24)/t15-/m1/s1. The topological polar surface area (TPSA) is 72.4 Å². The lowest BCUT2D eigenvalue weighted by Gasteiger charge is -2.15. The summed E-state index contributed by atoms with van der Waals surface area (Å²) in [4.78, 5) is 24.1. The van der Waals surface area contributed by atoms with Crippen molar-refractivity contribution in [2.75, 3.05) is 12.0 Å². The smallest absolute Gasteiger partial charge is 0.270 e. The van der Waals surface area contributed by atoms with E-state index in [0.29, 0.717) is 17.9 Å². The second-order valence-corrected chi connectivity index (χ2v) is 5.71. The third-order valence-corrected chi connectivity index (χ3v) is 3.70. The minimum atomic E-state index is -0.634. The number of benzene rings is 1. The van der Waals surface area contributed by atoms with Gasteiger partial charge in [0.2, 0.25) is 0 Å². The van der Waals surface area contributed by atoms with Crippen LogP contribution in [-0.2, 0) is 4.79 Å². The number of hydrogen-bond acceptors (Lipinski definition) is 3. The highest BCUT2D eigenvalue weighted by molar-refractivity contribution is 6.00. The number of rotatable bonds is 7. The summed E-state index contributed by atoms with van der Waals surface area (Å²) in [6.45, 7) is 9.44. The summed E-state index contributed by atoms with van der Waals surface area (Å²) in [7, 11) is 0. The third-order valence-electron chi connectivity index (χ3n) is 3.70. The molecule has 0 aliphatic carbocycles. The molecule has 0 spiro atoms. The molecule has 1 heterocycles. The molecule has 0 aliphatic rings. The van der Waals surface area contributed by atoms with Crippen LogP contribution in [0.3, 0.4) is 0 Å². The summed E-state index contributed by atoms with van der Waals surface area (Å²) < 4.78 is 7.30. The Morgan fingerprint density at radius 3 is 2.32 bits per heavy atom. The van der Waals surface area contributed by atoms with Gasteiger partial charge in [0.1, 0.15) is 5.75 Å². The zero-order chi connectivity index (χ0) is 18.4. The molecule has 0 unspecified atom stereocenters. The maximum Gasteiger partial charge on any atom is 0.270 e. The highest BCUT2D eigenvalue weighted by atomic mass is 16.5. The van der Waals surface area contributed by atoms with E-state index in [0.717, 1.165) is 11.4 Å². The highest BCUT2D eigenvalue weighted by Gasteiger charge is 2.14. The zero-order valence-electron chi connectivity index (χ0n) is 14.7. The van der Waals surface area contributed by atoms with Gasteiger partial charge in [0.15, 0.2) is 6.10 Å². The summed E-state index contributed by atoms with van der Waals surface area (Å²) in [5.74, 6) is 0.0807. The Morgan fingerprint density at radius 2 is 1.76 bits per heavy atom. The van der Waals surface area contributed by atoms with E-state index in [-0.39, 0.29) is 11.8 Å². The SMILES string of the molecule is C=CCNC(=O)[C@@H](C)Oc1ccc(C(=O)Nn2c(C)ccc2C)cc1. The summed E-state index contributed by atoms with van der Waals surface area (Å²) in [6, 6.07) is 10.5. The molecule has 1 aromatic carbocycles. The van der Waals surface area contributed by atoms with Crippen molar-refractivity contribution in [1.82, 2.24) is 9.99 Å². The van der Waals surface area contributed by atoms with E-state index < -0.39 is 6.10 Å². The number of nitrogens with zero attached hydrogens (tertiary/aromatic N) is 1. The second-order valence-electron chi connectivity index (χ2n) is 5.71. The van der Waals surface area contributed by atoms with Crippen molar-refractivity contribution in [1.29, 1.82) is 0 Å². The molecule has 1 aromatic heterocycles. The third kappa shape index (κ3) is 4.73. The Bertz CT molecular complexity index is 743. The maximum atomic E-state index is 12.3. The van der Waals surface area contributed by atoms with Crippen molar-refractivity contribution in [3.8, 4) is 5.75 Å². The van der Waals surface area contributed by atoms with Crippen molar-refractivity contribution < 1.29 is 14.3 Å². The second kappa shape index (κ2) is 8.19. The monoisotopic (exact) mass is 341 g/mol. The largest absolute Gasteiger partial charge is 0.481 e. The van der Waals surface area contributed by atoms with Gasteiger partial charge < -0.3 is 10.1 Å². The quantitative estimate of drug-likeness (QED) is 0.760. The van der Waals surface area contributed by atoms with Gasteiger partial charge in [-0.15, -0.1) is 6.58 Å². The van der Waals surface area contributed by atoms with Crippen LogP contribution in [0.4, 0.5) is 0 Å². The lowest BCUT2D eigenvalue weighted by atomic mass is 10.2. The molecule has 1 atom stereocenters. The van der Waals surface area contributed by atoms with Crippen LogP contribution < -0.4 is 15.5 Å². The molecule has 0 saturated heterocycles. The molecule has 2 aromatic rings. The number of ether oxygens (including phenoxy) is 1. The Morgan fingerprint density at radius 1 is 1.16 bits per heavy atom. The van der Waals surface area contributed by atoms with E-state index in [1.165, 1.54) is 0 Å². The summed E-state index contributed by atoms with van der Waals surface area (Å²) in [5, 5.41) is 2.67. The molecule has 6 heteroatoms. The van der Waals surface area contributed by atoms with E-state index in [9.17, 15) is 9.59 Å². The van der Waals surface area contributed by atoms with Gasteiger partial charge in [0.25, 0.3) is 11.8 Å². The summed E-state index contributed by atoms with van der Waals surface area (Å²) >= 11 is 0. The van der Waals surface area contributed by atoms with Gasteiger partial charge in [-0.2, -0.15) is 0 Å². The van der Waals surface area contributed by atoms with E-state index in [2.05, 4.69) is 17.3 Å². The Labute approximate surface area is 147 Å². The molecular formula is C19H23N3O3. The van der Waals surface area contributed by atoms with Crippen LogP contribution in [0.2, 0.25) is 0 Å². The number of aromatic nitrogens is 1. The number of carbonyl (C=O) groups is 2. The normalized spacial score (nSPS) is 11.5. The zero-order valence-corrected chi connectivity index (χ0v) is 14.7. The Hall–Kier alpha value is -3.02. The molecule has 0 saturated carbocycles. The van der Waals surface area contributed by atoms with E-state index in [1.807, 2.05) is 26.0 Å². The Balaban J connectivity index is 1.98. The first kappa shape index (κ1) is 18.3. The molecule has 0 fully saturated rings. The molecule has 0 bridgehead atoms. The fraction of sp³-hybridized carbons (Fsp3) is 0.263. The van der Waals surface area contributed by atoms with Crippen LogP contribution >= 0.6 is 0 Å². The fourth-order valence-corrected chi connectivity index (χ4v) is 2.27. The van der Waals surface area contributed by atoms with Gasteiger partial charge in [-0.05, 0) is 57.2 Å². The van der Waals surface area contributed by atoms with Crippen LogP contribution in [0, 0.1) is 13.8 Å². The molecule has 132 valence electrons. The molecule has 0 radical (unpaired) electrons. The van der Waals surface area contributed by atoms with Crippen LogP contribution in [0.25, 0.3) is 0 Å². The summed E-state index contributed by atoms with van der Waals surface area (Å²) in [6.07, 6.45) is 0.969. The fourth-order valence-electron chi connectivity index (χ4n) is 2.27. The minimum Gasteiger partial charge on any atom is -0.481 e. The number of carbonyl (C=O) groups excluding carboxylic acids is 2. The van der Waals surface area contributed by atoms with Crippen molar-refractivity contribution in [2.45, 2.75) is 26.9 Å². The van der Waals surface area contributed by atoms with Crippen LogP contribution in [0.5, 0.6) is 5.75 Å². The number of amides is 2. The van der Waals surface area contributed by atoms with Gasteiger partial charge >= 0.3 is 0 Å². The maximum absolute atomic E-state index is 12.3. The molecule has 2 amide bonds. The van der Waals surface area contributed by atoms with E-state index >= 15 is 0 Å². The molecule has 6 nitrogen and oxygen atoms in total. The van der Waals surface area contributed by atoms with E-state index in [4.69, 9.17) is 4.74 Å². The highest BCUT2D eigenvalue weighted by Crippen LogP contribution is 2.15. The number of hydrogen-bond donors (Lipinski definition) is 2. The molecule has 0 aliphatic heterocycles. The van der Waals surface area contributed by atoms with Gasteiger partial charge in [-0.1, -0.05) is 6.08 Å². The van der Waals surface area contributed by atoms with Crippen LogP contribution in [0.1, 0.15) is 28.7 Å². The van der Waals surface area contributed by atoms with Crippen molar-refractivity contribution >= 4 is 11.8 Å². The van der Waals surface area contributed by atoms with Gasteiger partial charge in [-0.25, -0.2) is 0 Å². The first-order valence-electron chi connectivity index (χ1n) is 8.04. The molecule has 2 rings (SSSR count). The molecule has 2 N–H and O–H groups in total. The Kier molecular flexibility index (Phi) is 6.00. The van der Waals surface area contributed by atoms with Crippen molar-refractivity contribution in [3.05, 3.63) is 66.0 Å². The van der Waals surface area contributed by atoms with Crippen molar-refractivity contribution in [3.63, 3.8) is 0 Å².